The number of nitrogens with one attached hydrogen (secondary N) is 2. The Kier molecular flexibility index (Phi) is 6.05. The number of hydrogen-bond donors (Lipinski definition) is 3. The Morgan fingerprint density at radius 1 is 1.33 bits per heavy atom. The number of aryl methyl sites for hydroxylation is 2. The fraction of sp³-hybridized carbons (Fsp3) is 0.688. The van der Waals surface area contributed by atoms with Gasteiger partial charge in [0.25, 0.3) is 0 Å². The fourth-order valence-electron chi connectivity index (χ4n) is 3.21. The highest BCUT2D eigenvalue weighted by Gasteiger charge is 2.26. The SMILES string of the molecule is CCc1nn(C)c(OC)c1CNC(=O)NC1CCC(C(=O)O)CC1. The van der Waals surface area contributed by atoms with Crippen LogP contribution in [0.3, 0.4) is 0 Å². The Bertz CT molecular complexity index is 591. The molecule has 1 aliphatic carbocycles. The molecule has 0 spiro atoms. The fourth-order valence-corrected chi connectivity index (χ4v) is 3.21. The van der Waals surface area contributed by atoms with Gasteiger partial charge in [0.1, 0.15) is 0 Å². The van der Waals surface area contributed by atoms with Crippen molar-refractivity contribution in [2.75, 3.05) is 7.11 Å². The van der Waals surface area contributed by atoms with Crippen molar-refractivity contribution in [2.45, 2.75) is 51.6 Å². The molecule has 0 radical (unpaired) electrons. The number of carbonyl (C=O) groups excluding carboxylic acids is 1. The van der Waals surface area contributed by atoms with Gasteiger partial charge in [-0.15, -0.1) is 0 Å². The van der Waals surface area contributed by atoms with Crippen LogP contribution >= 0.6 is 0 Å². The summed E-state index contributed by atoms with van der Waals surface area (Å²) in [6, 6.07) is -0.219. The summed E-state index contributed by atoms with van der Waals surface area (Å²) in [7, 11) is 3.39. The second-order valence-electron chi connectivity index (χ2n) is 6.13. The van der Waals surface area contributed by atoms with Crippen LogP contribution < -0.4 is 15.4 Å². The molecule has 2 rings (SSSR count). The average molecular weight is 338 g/mol. The number of aliphatic carboxylic acids is 1. The molecule has 1 fully saturated rings. The van der Waals surface area contributed by atoms with E-state index in [1.165, 1.54) is 0 Å². The number of urea groups is 1. The maximum absolute atomic E-state index is 12.1. The van der Waals surface area contributed by atoms with Gasteiger partial charge >= 0.3 is 12.0 Å². The molecule has 1 aliphatic rings. The molecule has 8 heteroatoms. The number of carbonyl (C=O) groups is 2. The summed E-state index contributed by atoms with van der Waals surface area (Å²) in [5.74, 6) is -0.374. The molecule has 0 atom stereocenters. The van der Waals surface area contributed by atoms with Crippen molar-refractivity contribution in [3.8, 4) is 5.88 Å². The second-order valence-corrected chi connectivity index (χ2v) is 6.13. The van der Waals surface area contributed by atoms with Crippen molar-refractivity contribution in [2.24, 2.45) is 13.0 Å². The zero-order chi connectivity index (χ0) is 17.7. The van der Waals surface area contributed by atoms with E-state index in [2.05, 4.69) is 15.7 Å². The van der Waals surface area contributed by atoms with Gasteiger partial charge in [-0.3, -0.25) is 4.79 Å². The number of methoxy groups -OCH3 is 1. The Labute approximate surface area is 141 Å². The zero-order valence-electron chi connectivity index (χ0n) is 14.5. The number of amides is 2. The van der Waals surface area contributed by atoms with E-state index in [0.717, 1.165) is 17.7 Å². The molecule has 24 heavy (non-hydrogen) atoms. The van der Waals surface area contributed by atoms with Gasteiger partial charge in [-0.05, 0) is 32.1 Å². The molecule has 1 saturated carbocycles. The minimum Gasteiger partial charge on any atom is -0.481 e. The topological polar surface area (TPSA) is 105 Å². The molecule has 1 aromatic heterocycles. The lowest BCUT2D eigenvalue weighted by Gasteiger charge is -2.26. The van der Waals surface area contributed by atoms with E-state index in [1.54, 1.807) is 11.8 Å². The van der Waals surface area contributed by atoms with Crippen molar-refractivity contribution >= 4 is 12.0 Å². The highest BCUT2D eigenvalue weighted by molar-refractivity contribution is 5.74. The van der Waals surface area contributed by atoms with Crippen LogP contribution in [-0.2, 0) is 24.8 Å². The lowest BCUT2D eigenvalue weighted by atomic mass is 9.86. The maximum atomic E-state index is 12.1. The van der Waals surface area contributed by atoms with Crippen LogP contribution in [0.4, 0.5) is 4.79 Å². The molecule has 3 N–H and O–H groups in total. The van der Waals surface area contributed by atoms with Gasteiger partial charge in [0, 0.05) is 13.1 Å². The molecular formula is C16H26N4O4. The van der Waals surface area contributed by atoms with Crippen molar-refractivity contribution in [1.29, 1.82) is 0 Å². The Balaban J connectivity index is 1.85. The van der Waals surface area contributed by atoms with Crippen LogP contribution in [0.2, 0.25) is 0 Å². The van der Waals surface area contributed by atoms with Crippen LogP contribution in [0, 0.1) is 5.92 Å². The first-order chi connectivity index (χ1) is 11.5. The van der Waals surface area contributed by atoms with Gasteiger partial charge in [-0.1, -0.05) is 6.92 Å². The third-order valence-electron chi connectivity index (χ3n) is 4.54. The van der Waals surface area contributed by atoms with Crippen LogP contribution in [0.15, 0.2) is 0 Å². The van der Waals surface area contributed by atoms with Gasteiger partial charge < -0.3 is 20.5 Å². The quantitative estimate of drug-likeness (QED) is 0.728. The van der Waals surface area contributed by atoms with Gasteiger partial charge in [0.15, 0.2) is 0 Å². The molecule has 134 valence electrons. The number of carboxylic acid groups (broad SMARTS) is 1. The molecule has 0 bridgehead atoms. The van der Waals surface area contributed by atoms with E-state index in [1.807, 2.05) is 14.0 Å². The number of carboxylic acids is 1. The molecule has 1 heterocycles. The summed E-state index contributed by atoms with van der Waals surface area (Å²) < 4.78 is 7.02. The highest BCUT2D eigenvalue weighted by Crippen LogP contribution is 2.24. The number of aromatic nitrogens is 2. The van der Waals surface area contributed by atoms with Gasteiger partial charge in [-0.25, -0.2) is 9.48 Å². The molecule has 0 saturated heterocycles. The summed E-state index contributed by atoms with van der Waals surface area (Å²) >= 11 is 0. The Morgan fingerprint density at radius 3 is 2.54 bits per heavy atom. The number of hydrogen-bond acceptors (Lipinski definition) is 4. The minimum absolute atomic E-state index is 0.0297. The summed E-state index contributed by atoms with van der Waals surface area (Å²) in [5.41, 5.74) is 1.78. The van der Waals surface area contributed by atoms with Gasteiger partial charge in [-0.2, -0.15) is 5.10 Å². The van der Waals surface area contributed by atoms with Crippen molar-refractivity contribution < 1.29 is 19.4 Å². The largest absolute Gasteiger partial charge is 0.481 e. The first-order valence-corrected chi connectivity index (χ1v) is 8.32. The molecule has 0 aliphatic heterocycles. The normalized spacial score (nSPS) is 20.5. The monoisotopic (exact) mass is 338 g/mol. The van der Waals surface area contributed by atoms with Crippen LogP contribution in [-0.4, -0.2) is 40.0 Å². The molecule has 1 aromatic rings. The van der Waals surface area contributed by atoms with Crippen molar-refractivity contribution in [3.05, 3.63) is 11.3 Å². The second kappa shape index (κ2) is 8.03. The highest BCUT2D eigenvalue weighted by atomic mass is 16.5. The molecule has 0 unspecified atom stereocenters. The average Bonchev–Trinajstić information content (AvgIpc) is 2.88. The van der Waals surface area contributed by atoms with Crippen LogP contribution in [0.1, 0.15) is 43.9 Å². The van der Waals surface area contributed by atoms with Crippen molar-refractivity contribution in [1.82, 2.24) is 20.4 Å². The summed E-state index contributed by atoms with van der Waals surface area (Å²) in [6.45, 7) is 2.35. The van der Waals surface area contributed by atoms with E-state index < -0.39 is 5.97 Å². The van der Waals surface area contributed by atoms with Crippen LogP contribution in [0.25, 0.3) is 0 Å². The van der Waals surface area contributed by atoms with E-state index >= 15 is 0 Å². The Morgan fingerprint density at radius 2 is 2.00 bits per heavy atom. The zero-order valence-corrected chi connectivity index (χ0v) is 14.5. The molecule has 8 nitrogen and oxygen atoms in total. The smallest absolute Gasteiger partial charge is 0.315 e. The summed E-state index contributed by atoms with van der Waals surface area (Å²) in [4.78, 5) is 23.0. The van der Waals surface area contributed by atoms with Gasteiger partial charge in [0.2, 0.25) is 5.88 Å². The predicted octanol–water partition coefficient (Wildman–Crippen LogP) is 1.43. The van der Waals surface area contributed by atoms with E-state index in [0.29, 0.717) is 38.1 Å². The van der Waals surface area contributed by atoms with Crippen LogP contribution in [0.5, 0.6) is 5.88 Å². The van der Waals surface area contributed by atoms with E-state index in [-0.39, 0.29) is 18.0 Å². The lowest BCUT2D eigenvalue weighted by molar-refractivity contribution is -0.142. The predicted molar refractivity (Wildman–Crippen MR) is 87.9 cm³/mol. The van der Waals surface area contributed by atoms with Gasteiger partial charge in [0.05, 0.1) is 30.8 Å². The van der Waals surface area contributed by atoms with E-state index in [4.69, 9.17) is 9.84 Å². The third-order valence-corrected chi connectivity index (χ3v) is 4.54. The number of nitrogens with zero attached hydrogens (tertiary/aromatic N) is 2. The first-order valence-electron chi connectivity index (χ1n) is 8.32. The maximum Gasteiger partial charge on any atom is 0.315 e. The first kappa shape index (κ1) is 18.1. The lowest BCUT2D eigenvalue weighted by Crippen LogP contribution is -2.44. The Hall–Kier alpha value is -2.25. The van der Waals surface area contributed by atoms with Crippen molar-refractivity contribution in [3.63, 3.8) is 0 Å². The summed E-state index contributed by atoms with van der Waals surface area (Å²) in [5, 5.41) is 19.1. The third kappa shape index (κ3) is 4.18. The molecule has 0 aromatic carbocycles. The molecule has 2 amide bonds. The summed E-state index contributed by atoms with van der Waals surface area (Å²) in [6.07, 6.45) is 3.37. The minimum atomic E-state index is -0.742. The van der Waals surface area contributed by atoms with E-state index in [9.17, 15) is 9.59 Å². The number of ether oxygens (including phenoxy) is 1. The molecular weight excluding hydrogens is 312 g/mol. The number of rotatable bonds is 6. The standard InChI is InChI=1S/C16H26N4O4/c1-4-13-12(14(24-3)20(2)19-13)9-17-16(23)18-11-7-5-10(6-8-11)15(21)22/h10-11H,4-9H2,1-3H3,(H,21,22)(H2,17,18,23).